The first-order valence-electron chi connectivity index (χ1n) is 7.96. The van der Waals surface area contributed by atoms with Crippen molar-refractivity contribution in [3.63, 3.8) is 0 Å². The molecule has 1 heterocycles. The largest absolute Gasteiger partial charge is 0.416 e. The van der Waals surface area contributed by atoms with Crippen LogP contribution < -0.4 is 10.6 Å². The Hall–Kier alpha value is -2.90. The monoisotopic (exact) mass is 365 g/mol. The zero-order valence-corrected chi connectivity index (χ0v) is 14.2. The molecule has 2 amide bonds. The zero-order chi connectivity index (χ0) is 19.3. The molecule has 0 radical (unpaired) electrons. The van der Waals surface area contributed by atoms with Gasteiger partial charge in [0, 0.05) is 23.5 Å². The van der Waals surface area contributed by atoms with Crippen molar-refractivity contribution in [2.24, 2.45) is 0 Å². The van der Waals surface area contributed by atoms with E-state index in [1.165, 1.54) is 30.5 Å². The van der Waals surface area contributed by atoms with Gasteiger partial charge >= 0.3 is 6.18 Å². The first-order chi connectivity index (χ1) is 12.2. The molecule has 1 aromatic heterocycles. The van der Waals surface area contributed by atoms with Crippen LogP contribution in [-0.4, -0.2) is 22.8 Å². The number of carbonyl (C=O) groups is 2. The number of carbonyl (C=O) groups excluding carboxylic acids is 2. The second-order valence-corrected chi connectivity index (χ2v) is 5.74. The van der Waals surface area contributed by atoms with Gasteiger partial charge in [-0.15, -0.1) is 0 Å². The fourth-order valence-electron chi connectivity index (χ4n) is 2.04. The number of pyridine rings is 1. The Kier molecular flexibility index (Phi) is 5.97. The number of nitrogens with one attached hydrogen (secondary N) is 2. The molecule has 8 heteroatoms. The van der Waals surface area contributed by atoms with E-state index in [1.54, 1.807) is 0 Å². The number of nitrogens with zero attached hydrogens (tertiary/aromatic N) is 1. The number of alkyl halides is 3. The van der Waals surface area contributed by atoms with Gasteiger partial charge in [-0.05, 0) is 49.7 Å². The van der Waals surface area contributed by atoms with Crippen molar-refractivity contribution in [3.05, 3.63) is 59.4 Å². The molecule has 26 heavy (non-hydrogen) atoms. The molecule has 0 fully saturated rings. The highest BCUT2D eigenvalue weighted by molar-refractivity contribution is 6.05. The Bertz CT molecular complexity index is 789. The lowest BCUT2D eigenvalue weighted by Gasteiger charge is -2.11. The molecule has 0 aliphatic carbocycles. The average Bonchev–Trinajstić information content (AvgIpc) is 2.61. The van der Waals surface area contributed by atoms with E-state index in [-0.39, 0.29) is 23.0 Å². The highest BCUT2D eigenvalue weighted by Crippen LogP contribution is 2.29. The lowest BCUT2D eigenvalue weighted by molar-refractivity contribution is -0.137. The van der Waals surface area contributed by atoms with Crippen LogP contribution in [0.25, 0.3) is 0 Å². The van der Waals surface area contributed by atoms with Crippen molar-refractivity contribution in [3.8, 4) is 0 Å². The van der Waals surface area contributed by atoms with Crippen molar-refractivity contribution >= 4 is 17.5 Å². The number of benzene rings is 1. The first-order valence-corrected chi connectivity index (χ1v) is 7.96. The fourth-order valence-corrected chi connectivity index (χ4v) is 2.04. The van der Waals surface area contributed by atoms with Crippen LogP contribution in [0.4, 0.5) is 18.9 Å². The fraction of sp³-hybridized carbons (Fsp3) is 0.278. The molecule has 0 saturated heterocycles. The quantitative estimate of drug-likeness (QED) is 0.845. The van der Waals surface area contributed by atoms with E-state index in [0.29, 0.717) is 0 Å². The molecule has 0 aliphatic rings. The number of halogens is 3. The van der Waals surface area contributed by atoms with Crippen molar-refractivity contribution < 1.29 is 22.8 Å². The summed E-state index contributed by atoms with van der Waals surface area (Å²) >= 11 is 0. The van der Waals surface area contributed by atoms with Crippen LogP contribution in [0.15, 0.2) is 42.6 Å². The average molecular weight is 365 g/mol. The van der Waals surface area contributed by atoms with Crippen molar-refractivity contribution in [1.29, 1.82) is 0 Å². The second kappa shape index (κ2) is 7.99. The van der Waals surface area contributed by atoms with Crippen molar-refractivity contribution in [1.82, 2.24) is 10.3 Å². The summed E-state index contributed by atoms with van der Waals surface area (Å²) in [7, 11) is 0. The summed E-state index contributed by atoms with van der Waals surface area (Å²) in [6.07, 6.45) is -2.36. The number of hydrogen-bond donors (Lipinski definition) is 2. The van der Waals surface area contributed by atoms with Gasteiger partial charge in [0.05, 0.1) is 5.56 Å². The van der Waals surface area contributed by atoms with E-state index in [1.807, 2.05) is 13.8 Å². The summed E-state index contributed by atoms with van der Waals surface area (Å²) in [5.74, 6) is -0.951. The van der Waals surface area contributed by atoms with Crippen LogP contribution in [-0.2, 0) is 6.18 Å². The molecule has 2 N–H and O–H groups in total. The van der Waals surface area contributed by atoms with Gasteiger partial charge in [0.25, 0.3) is 11.8 Å². The lowest BCUT2D eigenvalue weighted by Crippen LogP contribution is -2.32. The molecule has 1 unspecified atom stereocenters. The number of aromatic nitrogens is 1. The standard InChI is InChI=1S/C18H18F3N3O2/c1-3-11(2)23-17(26)15-10-12(8-9-22-15)16(25)24-14-6-4-13(5-7-14)18(19,20)21/h4-11H,3H2,1-2H3,(H,23,26)(H,24,25). The van der Waals surface area contributed by atoms with Gasteiger partial charge in [-0.1, -0.05) is 6.92 Å². The summed E-state index contributed by atoms with van der Waals surface area (Å²) in [6.45, 7) is 3.77. The highest BCUT2D eigenvalue weighted by atomic mass is 19.4. The molecule has 5 nitrogen and oxygen atoms in total. The molecule has 0 saturated carbocycles. The van der Waals surface area contributed by atoms with E-state index < -0.39 is 23.6 Å². The molecule has 0 aliphatic heterocycles. The van der Waals surface area contributed by atoms with Crippen LogP contribution in [0.2, 0.25) is 0 Å². The van der Waals surface area contributed by atoms with E-state index in [2.05, 4.69) is 15.6 Å². The lowest BCUT2D eigenvalue weighted by atomic mass is 10.1. The highest BCUT2D eigenvalue weighted by Gasteiger charge is 2.30. The summed E-state index contributed by atoms with van der Waals surface area (Å²) in [5, 5.41) is 5.23. The molecular weight excluding hydrogens is 347 g/mol. The van der Waals surface area contributed by atoms with Crippen LogP contribution in [0.3, 0.4) is 0 Å². The number of amides is 2. The van der Waals surface area contributed by atoms with E-state index >= 15 is 0 Å². The Balaban J connectivity index is 2.10. The minimum Gasteiger partial charge on any atom is -0.348 e. The van der Waals surface area contributed by atoms with E-state index in [0.717, 1.165) is 18.6 Å². The topological polar surface area (TPSA) is 71.1 Å². The maximum atomic E-state index is 12.6. The van der Waals surface area contributed by atoms with Crippen LogP contribution in [0.5, 0.6) is 0 Å². The van der Waals surface area contributed by atoms with Gasteiger partial charge < -0.3 is 10.6 Å². The third-order valence-corrected chi connectivity index (χ3v) is 3.71. The molecule has 0 spiro atoms. The summed E-state index contributed by atoms with van der Waals surface area (Å²) < 4.78 is 37.7. The van der Waals surface area contributed by atoms with Gasteiger partial charge in [-0.2, -0.15) is 13.2 Å². The smallest absolute Gasteiger partial charge is 0.348 e. The van der Waals surface area contributed by atoms with E-state index in [9.17, 15) is 22.8 Å². The first kappa shape index (κ1) is 19.4. The van der Waals surface area contributed by atoms with Gasteiger partial charge in [0.2, 0.25) is 0 Å². The maximum Gasteiger partial charge on any atom is 0.416 e. The minimum atomic E-state index is -4.44. The van der Waals surface area contributed by atoms with Gasteiger partial charge in [0.1, 0.15) is 5.69 Å². The number of anilines is 1. The molecule has 0 bridgehead atoms. The van der Waals surface area contributed by atoms with Crippen LogP contribution in [0.1, 0.15) is 46.7 Å². The van der Waals surface area contributed by atoms with Crippen LogP contribution in [0, 0.1) is 0 Å². The molecule has 2 rings (SSSR count). The summed E-state index contributed by atoms with van der Waals surface area (Å²) in [5.41, 5.74) is -0.326. The Morgan fingerprint density at radius 3 is 2.35 bits per heavy atom. The Morgan fingerprint density at radius 1 is 1.12 bits per heavy atom. The van der Waals surface area contributed by atoms with E-state index in [4.69, 9.17) is 0 Å². The maximum absolute atomic E-state index is 12.6. The van der Waals surface area contributed by atoms with Crippen LogP contribution >= 0.6 is 0 Å². The van der Waals surface area contributed by atoms with Gasteiger partial charge in [0.15, 0.2) is 0 Å². The second-order valence-electron chi connectivity index (χ2n) is 5.74. The number of rotatable bonds is 5. The third kappa shape index (κ3) is 5.05. The predicted molar refractivity (Wildman–Crippen MR) is 90.9 cm³/mol. The third-order valence-electron chi connectivity index (χ3n) is 3.71. The van der Waals surface area contributed by atoms with Gasteiger partial charge in [-0.25, -0.2) is 0 Å². The summed E-state index contributed by atoms with van der Waals surface area (Å²) in [4.78, 5) is 28.3. The normalized spacial score (nSPS) is 12.3. The minimum absolute atomic E-state index is 0.0334. The Labute approximate surface area is 148 Å². The molecule has 1 atom stereocenters. The molecule has 1 aromatic carbocycles. The van der Waals surface area contributed by atoms with Crippen molar-refractivity contribution in [2.75, 3.05) is 5.32 Å². The number of hydrogen-bond acceptors (Lipinski definition) is 3. The predicted octanol–water partition coefficient (Wildman–Crippen LogP) is 3.88. The van der Waals surface area contributed by atoms with Gasteiger partial charge in [-0.3, -0.25) is 14.6 Å². The SMILES string of the molecule is CCC(C)NC(=O)c1cc(C(=O)Nc2ccc(C(F)(F)F)cc2)ccn1. The molecular formula is C18H18F3N3O2. The molecule has 2 aromatic rings. The molecule has 138 valence electrons. The summed E-state index contributed by atoms with van der Waals surface area (Å²) in [6, 6.07) is 6.81. The zero-order valence-electron chi connectivity index (χ0n) is 14.2. The Morgan fingerprint density at radius 2 is 1.77 bits per heavy atom. The van der Waals surface area contributed by atoms with Crippen molar-refractivity contribution in [2.45, 2.75) is 32.5 Å².